The van der Waals surface area contributed by atoms with Crippen LogP contribution in [0.2, 0.25) is 0 Å². The first-order valence-electron chi connectivity index (χ1n) is 15.0. The van der Waals surface area contributed by atoms with E-state index in [2.05, 4.69) is 0 Å². The number of carbonyl (C=O) groups is 3. The molecule has 0 bridgehead atoms. The highest BCUT2D eigenvalue weighted by atomic mass is 19.1. The Morgan fingerprint density at radius 1 is 1.18 bits per heavy atom. The molecule has 5 aliphatic rings. The summed E-state index contributed by atoms with van der Waals surface area (Å²) in [4.78, 5) is 52.9. The van der Waals surface area contributed by atoms with E-state index in [1.165, 1.54) is 42.2 Å². The number of fused-ring (bicyclic) bond motifs is 5. The first-order valence-corrected chi connectivity index (χ1v) is 15.0. The van der Waals surface area contributed by atoms with Gasteiger partial charge >= 0.3 is 5.97 Å². The van der Waals surface area contributed by atoms with Gasteiger partial charge in [0.2, 0.25) is 0 Å². The average molecular weight is 615 g/mol. The van der Waals surface area contributed by atoms with E-state index in [-0.39, 0.29) is 62.4 Å². The SMILES string of the molecule is C[C@@H]1C[C@H]2[C@@H]3C[C@H](F)C4=CC(=O)C=C[C@]4(C)[C@@]3(F)[C@@H](O)C[C@]2(C)[C@@]1(OC(=O)c1cccc([N+](=O)[O-])c1)C(=O)N1CCOCC1. The van der Waals surface area contributed by atoms with Gasteiger partial charge in [-0.05, 0) is 55.9 Å². The third kappa shape index (κ3) is 3.99. The Labute approximate surface area is 253 Å². The van der Waals surface area contributed by atoms with Crippen LogP contribution in [0.4, 0.5) is 14.5 Å². The number of amides is 1. The molecule has 9 atom stereocenters. The number of hydrogen-bond donors (Lipinski definition) is 1. The lowest BCUT2D eigenvalue weighted by molar-refractivity contribution is -0.384. The number of alkyl halides is 2. The molecule has 4 fully saturated rings. The summed E-state index contributed by atoms with van der Waals surface area (Å²) in [6, 6.07) is 4.99. The maximum Gasteiger partial charge on any atom is 0.339 e. The molecule has 10 nitrogen and oxygen atoms in total. The number of ether oxygens (including phenoxy) is 2. The second-order valence-corrected chi connectivity index (χ2v) is 13.3. The number of allylic oxidation sites excluding steroid dienone is 4. The maximum absolute atomic E-state index is 17.7. The Morgan fingerprint density at radius 3 is 2.57 bits per heavy atom. The molecule has 1 aromatic rings. The number of esters is 1. The molecule has 236 valence electrons. The lowest BCUT2D eigenvalue weighted by Crippen LogP contribution is -2.72. The van der Waals surface area contributed by atoms with Gasteiger partial charge in [0.05, 0.1) is 29.8 Å². The Hall–Kier alpha value is -3.51. The molecule has 1 heterocycles. The summed E-state index contributed by atoms with van der Waals surface area (Å²) in [5.74, 6) is -4.39. The molecule has 1 aliphatic heterocycles. The molecule has 12 heteroatoms. The summed E-state index contributed by atoms with van der Waals surface area (Å²) in [7, 11) is 0. The van der Waals surface area contributed by atoms with Gasteiger partial charge in [0.15, 0.2) is 17.1 Å². The molecule has 1 amide bonds. The molecule has 0 unspecified atom stereocenters. The number of nitro benzene ring substituents is 1. The minimum absolute atomic E-state index is 0.00907. The first kappa shape index (κ1) is 30.5. The van der Waals surface area contributed by atoms with E-state index in [4.69, 9.17) is 9.47 Å². The number of nitrogens with zero attached hydrogens (tertiary/aromatic N) is 2. The summed E-state index contributed by atoms with van der Waals surface area (Å²) in [6.07, 6.45) is -0.0998. The molecule has 0 radical (unpaired) electrons. The van der Waals surface area contributed by atoms with Crippen LogP contribution in [0, 0.1) is 38.7 Å². The first-order chi connectivity index (χ1) is 20.7. The molecule has 44 heavy (non-hydrogen) atoms. The third-order valence-corrected chi connectivity index (χ3v) is 11.3. The van der Waals surface area contributed by atoms with E-state index in [0.29, 0.717) is 0 Å². The number of morpholine rings is 1. The van der Waals surface area contributed by atoms with Crippen LogP contribution in [0.5, 0.6) is 0 Å². The van der Waals surface area contributed by atoms with E-state index >= 15 is 8.78 Å². The predicted octanol–water partition coefficient (Wildman–Crippen LogP) is 3.91. The van der Waals surface area contributed by atoms with Crippen molar-refractivity contribution in [2.45, 2.75) is 63.6 Å². The van der Waals surface area contributed by atoms with Gasteiger partial charge in [-0.2, -0.15) is 0 Å². The molecule has 1 aromatic carbocycles. The van der Waals surface area contributed by atoms with Crippen molar-refractivity contribution in [1.29, 1.82) is 0 Å². The number of nitro groups is 1. The number of hydrogen-bond acceptors (Lipinski definition) is 8. The molecular formula is C32H36F2N2O8. The quantitative estimate of drug-likeness (QED) is 0.306. The number of non-ortho nitro benzene ring substituents is 1. The van der Waals surface area contributed by atoms with E-state index in [9.17, 15) is 29.6 Å². The summed E-state index contributed by atoms with van der Waals surface area (Å²) >= 11 is 0. The number of halogens is 2. The van der Waals surface area contributed by atoms with Crippen LogP contribution >= 0.6 is 0 Å². The Bertz CT molecular complexity index is 1490. The van der Waals surface area contributed by atoms with Crippen molar-refractivity contribution in [2.75, 3.05) is 26.3 Å². The van der Waals surface area contributed by atoms with Crippen LogP contribution in [0.1, 0.15) is 50.4 Å². The van der Waals surface area contributed by atoms with Crippen molar-refractivity contribution in [3.8, 4) is 0 Å². The summed E-state index contributed by atoms with van der Waals surface area (Å²) in [6.45, 7) is 5.89. The topological polar surface area (TPSA) is 136 Å². The highest BCUT2D eigenvalue weighted by molar-refractivity contribution is 6.01. The van der Waals surface area contributed by atoms with Crippen LogP contribution in [0.15, 0.2) is 48.1 Å². The van der Waals surface area contributed by atoms with Gasteiger partial charge in [-0.25, -0.2) is 13.6 Å². The zero-order valence-corrected chi connectivity index (χ0v) is 24.8. The van der Waals surface area contributed by atoms with Crippen LogP contribution in [-0.2, 0) is 19.1 Å². The number of aliphatic hydroxyl groups excluding tert-OH is 1. The number of benzene rings is 1. The largest absolute Gasteiger partial charge is 0.444 e. The summed E-state index contributed by atoms with van der Waals surface area (Å²) in [5, 5.41) is 23.2. The van der Waals surface area contributed by atoms with E-state index in [1.807, 2.05) is 0 Å². The van der Waals surface area contributed by atoms with Gasteiger partial charge in [-0.1, -0.05) is 26.0 Å². The van der Waals surface area contributed by atoms with E-state index in [1.54, 1.807) is 13.8 Å². The normalized spacial score (nSPS) is 41.2. The van der Waals surface area contributed by atoms with Crippen LogP contribution < -0.4 is 0 Å². The minimum atomic E-state index is -2.37. The van der Waals surface area contributed by atoms with Crippen molar-refractivity contribution in [1.82, 2.24) is 4.90 Å². The Kier molecular flexibility index (Phi) is 7.12. The van der Waals surface area contributed by atoms with Crippen molar-refractivity contribution in [2.24, 2.45) is 28.6 Å². The predicted molar refractivity (Wildman–Crippen MR) is 152 cm³/mol. The Balaban J connectivity index is 1.47. The molecule has 3 saturated carbocycles. The molecule has 1 N–H and O–H groups in total. The van der Waals surface area contributed by atoms with Gasteiger partial charge in [-0.15, -0.1) is 0 Å². The van der Waals surface area contributed by atoms with Gasteiger partial charge in [-0.3, -0.25) is 19.7 Å². The fraction of sp³-hybridized carbons (Fsp3) is 0.594. The molecule has 0 spiro atoms. The highest BCUT2D eigenvalue weighted by Gasteiger charge is 2.78. The van der Waals surface area contributed by atoms with Crippen molar-refractivity contribution in [3.63, 3.8) is 0 Å². The standard InChI is InChI=1S/C32H36F2N2O8/c1-18-13-22-23-16-25(33)24-15-21(37)7-8-29(24,2)31(23,34)26(38)17-30(22,3)32(18,28(40)35-9-11-43-12-10-35)44-27(39)19-5-4-6-20(14-19)36(41)42/h4-8,14-15,18,22-23,25-26,38H,9-13,16-17H2,1-3H3/t18-,22+,23+,25+,26+,29+,30+,31+,32+/m1/s1. The molecule has 6 rings (SSSR count). The lowest BCUT2D eigenvalue weighted by atomic mass is 9.44. The third-order valence-electron chi connectivity index (χ3n) is 11.3. The zero-order valence-electron chi connectivity index (χ0n) is 24.8. The zero-order chi connectivity index (χ0) is 31.8. The second kappa shape index (κ2) is 10.3. The molecule has 0 aromatic heterocycles. The average Bonchev–Trinajstić information content (AvgIpc) is 3.21. The van der Waals surface area contributed by atoms with E-state index in [0.717, 1.165) is 12.1 Å². The number of aliphatic hydroxyl groups is 1. The van der Waals surface area contributed by atoms with Gasteiger partial charge in [0.25, 0.3) is 11.6 Å². The molecule has 1 saturated heterocycles. The van der Waals surface area contributed by atoms with Gasteiger partial charge in [0.1, 0.15) is 6.17 Å². The van der Waals surface area contributed by atoms with Crippen molar-refractivity contribution in [3.05, 3.63) is 63.7 Å². The minimum Gasteiger partial charge on any atom is -0.444 e. The van der Waals surface area contributed by atoms with Crippen LogP contribution in [0.3, 0.4) is 0 Å². The van der Waals surface area contributed by atoms with Gasteiger partial charge in [0, 0.05) is 47.9 Å². The van der Waals surface area contributed by atoms with Crippen LogP contribution in [-0.4, -0.2) is 82.4 Å². The lowest BCUT2D eigenvalue weighted by Gasteiger charge is -2.63. The Morgan fingerprint density at radius 2 is 1.89 bits per heavy atom. The van der Waals surface area contributed by atoms with Gasteiger partial charge < -0.3 is 19.5 Å². The van der Waals surface area contributed by atoms with Crippen molar-refractivity contribution >= 4 is 23.3 Å². The number of carbonyl (C=O) groups excluding carboxylic acids is 3. The highest BCUT2D eigenvalue weighted by Crippen LogP contribution is 2.71. The fourth-order valence-corrected chi connectivity index (χ4v) is 9.19. The fourth-order valence-electron chi connectivity index (χ4n) is 9.19. The monoisotopic (exact) mass is 614 g/mol. The number of ketones is 1. The summed E-state index contributed by atoms with van der Waals surface area (Å²) in [5.41, 5.74) is -7.70. The molecular weight excluding hydrogens is 578 g/mol. The summed E-state index contributed by atoms with van der Waals surface area (Å²) < 4.78 is 45.3. The van der Waals surface area contributed by atoms with Crippen molar-refractivity contribution < 1.29 is 42.7 Å². The maximum atomic E-state index is 17.7. The van der Waals surface area contributed by atoms with E-state index < -0.39 is 74.7 Å². The smallest absolute Gasteiger partial charge is 0.339 e. The number of rotatable bonds is 4. The second-order valence-electron chi connectivity index (χ2n) is 13.3. The van der Waals surface area contributed by atoms with Crippen LogP contribution in [0.25, 0.3) is 0 Å². The molecule has 4 aliphatic carbocycles.